The average molecular weight is 539 g/mol. The summed E-state index contributed by atoms with van der Waals surface area (Å²) in [5.74, 6) is 1.88. The van der Waals surface area contributed by atoms with E-state index in [1.165, 1.54) is 0 Å². The smallest absolute Gasteiger partial charge is 0.214 e. The lowest BCUT2D eigenvalue weighted by atomic mass is 10.1. The van der Waals surface area contributed by atoms with Crippen LogP contribution in [0.4, 0.5) is 5.82 Å². The Morgan fingerprint density at radius 1 is 1.28 bits per heavy atom. The van der Waals surface area contributed by atoms with Crippen LogP contribution in [0.1, 0.15) is 38.8 Å². The number of sulfonamides is 1. The van der Waals surface area contributed by atoms with E-state index in [0.29, 0.717) is 26.1 Å². The Morgan fingerprint density at radius 3 is 2.55 bits per heavy atom. The summed E-state index contributed by atoms with van der Waals surface area (Å²) in [6.07, 6.45) is 2.21. The van der Waals surface area contributed by atoms with E-state index in [4.69, 9.17) is 0 Å². The molecule has 0 atom stereocenters. The molecule has 2 rings (SSSR count). The van der Waals surface area contributed by atoms with Crippen LogP contribution >= 0.6 is 24.0 Å². The van der Waals surface area contributed by atoms with Gasteiger partial charge in [0.15, 0.2) is 5.96 Å². The van der Waals surface area contributed by atoms with E-state index in [2.05, 4.69) is 20.6 Å². The van der Waals surface area contributed by atoms with Gasteiger partial charge in [-0.15, -0.1) is 24.0 Å². The van der Waals surface area contributed by atoms with Gasteiger partial charge in [-0.1, -0.05) is 13.0 Å². The molecule has 0 aliphatic carbocycles. The minimum absolute atomic E-state index is 0. The summed E-state index contributed by atoms with van der Waals surface area (Å²) < 4.78 is 26.0. The Balaban J connectivity index is 0.00000420. The van der Waals surface area contributed by atoms with Gasteiger partial charge in [0.1, 0.15) is 5.82 Å². The van der Waals surface area contributed by atoms with Crippen LogP contribution in [0.2, 0.25) is 0 Å². The Labute approximate surface area is 192 Å². The topological polar surface area (TPSA) is 89.9 Å². The molecule has 0 aromatic carbocycles. The quantitative estimate of drug-likeness (QED) is 0.299. The van der Waals surface area contributed by atoms with E-state index in [0.717, 1.165) is 36.9 Å². The highest BCUT2D eigenvalue weighted by Gasteiger charge is 2.27. The first-order valence-electron chi connectivity index (χ1n) is 10.0. The summed E-state index contributed by atoms with van der Waals surface area (Å²) in [5, 5.41) is 6.72. The number of hydrogen-bond donors (Lipinski definition) is 2. The third kappa shape index (κ3) is 8.25. The van der Waals surface area contributed by atoms with Gasteiger partial charge in [0.25, 0.3) is 0 Å². The first-order chi connectivity index (χ1) is 13.4. The number of aliphatic imine (C=N–C) groups is 1. The molecule has 29 heavy (non-hydrogen) atoms. The maximum Gasteiger partial charge on any atom is 0.214 e. The maximum atomic E-state index is 12.2. The molecule has 0 amide bonds. The highest BCUT2D eigenvalue weighted by molar-refractivity contribution is 14.0. The van der Waals surface area contributed by atoms with Gasteiger partial charge in [-0.3, -0.25) is 0 Å². The van der Waals surface area contributed by atoms with Crippen LogP contribution < -0.4 is 15.5 Å². The molecule has 8 nitrogen and oxygen atoms in total. The molecule has 166 valence electrons. The van der Waals surface area contributed by atoms with Crippen LogP contribution in [-0.2, 0) is 16.6 Å². The zero-order valence-electron chi connectivity index (χ0n) is 17.9. The van der Waals surface area contributed by atoms with Gasteiger partial charge in [-0.2, -0.15) is 0 Å². The lowest BCUT2D eigenvalue weighted by Crippen LogP contribution is -2.50. The van der Waals surface area contributed by atoms with Crippen LogP contribution in [-0.4, -0.2) is 69.2 Å². The van der Waals surface area contributed by atoms with Crippen molar-refractivity contribution in [2.45, 2.75) is 45.7 Å². The second-order valence-corrected chi connectivity index (χ2v) is 9.30. The van der Waals surface area contributed by atoms with Gasteiger partial charge in [0, 0.05) is 39.8 Å². The third-order valence-electron chi connectivity index (χ3n) is 4.64. The first kappa shape index (κ1) is 25.9. The number of hydrogen-bond acceptors (Lipinski definition) is 5. The molecular weight excluding hydrogens is 503 g/mol. The Morgan fingerprint density at radius 2 is 1.97 bits per heavy atom. The van der Waals surface area contributed by atoms with E-state index < -0.39 is 10.0 Å². The fourth-order valence-electron chi connectivity index (χ4n) is 3.14. The van der Waals surface area contributed by atoms with Gasteiger partial charge in [-0.05, 0) is 38.3 Å². The summed E-state index contributed by atoms with van der Waals surface area (Å²) >= 11 is 0. The van der Waals surface area contributed by atoms with Gasteiger partial charge < -0.3 is 15.5 Å². The number of nitrogens with zero attached hydrogens (tertiary/aromatic N) is 4. The highest BCUT2D eigenvalue weighted by atomic mass is 127. The number of halogens is 1. The molecule has 2 heterocycles. The maximum absolute atomic E-state index is 12.2. The number of piperidine rings is 1. The third-order valence-corrected chi connectivity index (χ3v) is 6.72. The molecule has 0 saturated carbocycles. The molecule has 0 unspecified atom stereocenters. The second-order valence-electron chi connectivity index (χ2n) is 7.21. The molecule has 0 radical (unpaired) electrons. The van der Waals surface area contributed by atoms with E-state index in [9.17, 15) is 8.42 Å². The molecule has 1 aromatic rings. The van der Waals surface area contributed by atoms with Crippen LogP contribution in [0.15, 0.2) is 23.2 Å². The summed E-state index contributed by atoms with van der Waals surface area (Å²) in [6.45, 7) is 6.30. The average Bonchev–Trinajstić information content (AvgIpc) is 2.67. The number of rotatable bonds is 8. The van der Waals surface area contributed by atoms with Crippen molar-refractivity contribution in [3.05, 3.63) is 23.9 Å². The van der Waals surface area contributed by atoms with Crippen molar-refractivity contribution >= 4 is 45.8 Å². The summed E-state index contributed by atoms with van der Waals surface area (Å²) in [7, 11) is 0.827. The van der Waals surface area contributed by atoms with E-state index in [-0.39, 0.29) is 35.8 Å². The van der Waals surface area contributed by atoms with Crippen molar-refractivity contribution < 1.29 is 8.42 Å². The lowest BCUT2D eigenvalue weighted by molar-refractivity contribution is 0.306. The van der Waals surface area contributed by atoms with Crippen LogP contribution in [0, 0.1) is 0 Å². The molecule has 1 saturated heterocycles. The Kier molecular flexibility index (Phi) is 11.2. The first-order valence-corrected chi connectivity index (χ1v) is 11.6. The van der Waals surface area contributed by atoms with Gasteiger partial charge >= 0.3 is 0 Å². The highest BCUT2D eigenvalue weighted by Crippen LogP contribution is 2.15. The zero-order chi connectivity index (χ0) is 20.6. The number of nitrogens with one attached hydrogen (secondary N) is 2. The predicted molar refractivity (Wildman–Crippen MR) is 131 cm³/mol. The molecule has 1 aliphatic rings. The molecule has 0 bridgehead atoms. The largest absolute Gasteiger partial charge is 0.363 e. The number of anilines is 1. The molecule has 1 aromatic heterocycles. The number of guanidine groups is 1. The van der Waals surface area contributed by atoms with Crippen molar-refractivity contribution in [3.8, 4) is 0 Å². The number of aromatic nitrogens is 1. The van der Waals surface area contributed by atoms with Crippen molar-refractivity contribution in [1.29, 1.82) is 0 Å². The Hall–Kier alpha value is -1.14. The monoisotopic (exact) mass is 538 g/mol. The van der Waals surface area contributed by atoms with Crippen LogP contribution in [0.5, 0.6) is 0 Å². The minimum Gasteiger partial charge on any atom is -0.363 e. The molecular formula is C19H35IN6O2S. The Bertz CT molecular complexity index is 749. The van der Waals surface area contributed by atoms with E-state index >= 15 is 0 Å². The van der Waals surface area contributed by atoms with Crippen molar-refractivity contribution in [1.82, 2.24) is 19.9 Å². The van der Waals surface area contributed by atoms with Crippen molar-refractivity contribution in [2.24, 2.45) is 4.99 Å². The second kappa shape index (κ2) is 12.5. The zero-order valence-corrected chi connectivity index (χ0v) is 21.0. The van der Waals surface area contributed by atoms with Gasteiger partial charge in [0.2, 0.25) is 10.0 Å². The lowest BCUT2D eigenvalue weighted by Gasteiger charge is -2.32. The summed E-state index contributed by atoms with van der Waals surface area (Å²) in [4.78, 5) is 11.2. The number of pyridine rings is 1. The SMILES string of the molecule is CCCS(=O)(=O)N1CCC(NC(=NCc2cccc(N(C)C)n2)NCC)CC1.I. The molecule has 0 spiro atoms. The van der Waals surface area contributed by atoms with Crippen molar-refractivity contribution in [3.63, 3.8) is 0 Å². The van der Waals surface area contributed by atoms with Crippen molar-refractivity contribution in [2.75, 3.05) is 44.4 Å². The minimum atomic E-state index is -3.11. The van der Waals surface area contributed by atoms with E-state index in [1.54, 1.807) is 4.31 Å². The molecule has 1 fully saturated rings. The predicted octanol–water partition coefficient (Wildman–Crippen LogP) is 2.02. The van der Waals surface area contributed by atoms with Gasteiger partial charge in [-0.25, -0.2) is 22.7 Å². The fourth-order valence-corrected chi connectivity index (χ4v) is 4.68. The van der Waals surface area contributed by atoms with Crippen LogP contribution in [0.3, 0.4) is 0 Å². The summed E-state index contributed by atoms with van der Waals surface area (Å²) in [5.41, 5.74) is 0.906. The molecule has 2 N–H and O–H groups in total. The standard InChI is InChI=1S/C19H34N6O2S.HI/c1-5-14-28(26,27)25-12-10-16(11-13-25)23-19(20-6-2)21-15-17-8-7-9-18(22-17)24(3)4;/h7-9,16H,5-6,10-15H2,1-4H3,(H2,20,21,23);1H. The molecule has 1 aliphatic heterocycles. The molecule has 10 heteroatoms. The van der Waals surface area contributed by atoms with Gasteiger partial charge in [0.05, 0.1) is 18.0 Å². The fraction of sp³-hybridized carbons (Fsp3) is 0.684. The summed E-state index contributed by atoms with van der Waals surface area (Å²) in [6, 6.07) is 6.14. The van der Waals surface area contributed by atoms with E-state index in [1.807, 2.05) is 51.0 Å². The normalized spacial score (nSPS) is 16.2. The van der Waals surface area contributed by atoms with Crippen LogP contribution in [0.25, 0.3) is 0 Å².